The molecule has 0 saturated heterocycles. The quantitative estimate of drug-likeness (QED) is 0.892. The van der Waals surface area contributed by atoms with Gasteiger partial charge in [0.2, 0.25) is 5.91 Å². The molecule has 1 rings (SSSR count). The second kappa shape index (κ2) is 4.87. The van der Waals surface area contributed by atoms with Crippen molar-refractivity contribution in [3.05, 3.63) is 33.8 Å². The number of aryl methyl sites for hydroxylation is 1. The van der Waals surface area contributed by atoms with Crippen LogP contribution >= 0.6 is 15.9 Å². The molecule has 0 atom stereocenters. The number of primary amides is 1. The minimum Gasteiger partial charge on any atom is -0.368 e. The Morgan fingerprint density at radius 2 is 1.94 bits per heavy atom. The highest BCUT2D eigenvalue weighted by molar-refractivity contribution is 9.10. The van der Waals surface area contributed by atoms with Gasteiger partial charge in [0.15, 0.2) is 0 Å². The molecule has 1 aromatic rings. The number of carbonyl (C=O) groups is 2. The molecule has 0 radical (unpaired) electrons. The van der Waals surface area contributed by atoms with Crippen LogP contribution in [0.1, 0.15) is 29.8 Å². The van der Waals surface area contributed by atoms with Gasteiger partial charge >= 0.3 is 0 Å². The van der Waals surface area contributed by atoms with Crippen LogP contribution in [0.25, 0.3) is 0 Å². The molecule has 0 unspecified atom stereocenters. The van der Waals surface area contributed by atoms with Crippen LogP contribution in [0, 0.1) is 6.92 Å². The number of nitrogens with one attached hydrogen (secondary N) is 1. The molecule has 17 heavy (non-hydrogen) atoms. The van der Waals surface area contributed by atoms with E-state index in [-0.39, 0.29) is 5.91 Å². The lowest BCUT2D eigenvalue weighted by Crippen LogP contribution is -2.53. The molecule has 0 aliphatic heterocycles. The van der Waals surface area contributed by atoms with E-state index in [1.54, 1.807) is 19.9 Å². The fraction of sp³-hybridized carbons (Fsp3) is 0.333. The number of nitrogens with two attached hydrogens (primary N) is 1. The summed E-state index contributed by atoms with van der Waals surface area (Å²) in [5.74, 6) is -0.908. The van der Waals surface area contributed by atoms with Crippen LogP contribution in [0.2, 0.25) is 0 Å². The fourth-order valence-corrected chi connectivity index (χ4v) is 1.89. The van der Waals surface area contributed by atoms with E-state index < -0.39 is 11.4 Å². The Morgan fingerprint density at radius 1 is 1.35 bits per heavy atom. The van der Waals surface area contributed by atoms with E-state index >= 15 is 0 Å². The Hall–Kier alpha value is -1.36. The van der Waals surface area contributed by atoms with Gasteiger partial charge < -0.3 is 11.1 Å². The molecule has 0 aromatic heterocycles. The Bertz CT molecular complexity index is 470. The first-order valence-electron chi connectivity index (χ1n) is 5.12. The van der Waals surface area contributed by atoms with E-state index in [4.69, 9.17) is 5.73 Å². The predicted octanol–water partition coefficient (Wildman–Crippen LogP) is 1.75. The van der Waals surface area contributed by atoms with Gasteiger partial charge in [-0.1, -0.05) is 6.07 Å². The Labute approximate surface area is 109 Å². The Morgan fingerprint density at radius 3 is 2.41 bits per heavy atom. The van der Waals surface area contributed by atoms with Crippen LogP contribution in [-0.2, 0) is 4.79 Å². The Kier molecular flexibility index (Phi) is 3.93. The molecule has 0 bridgehead atoms. The van der Waals surface area contributed by atoms with Gasteiger partial charge in [-0.3, -0.25) is 9.59 Å². The third-order valence-corrected chi connectivity index (χ3v) is 3.07. The number of rotatable bonds is 3. The van der Waals surface area contributed by atoms with Crippen molar-refractivity contribution in [2.45, 2.75) is 26.3 Å². The first kappa shape index (κ1) is 13.7. The second-order valence-electron chi connectivity index (χ2n) is 4.43. The van der Waals surface area contributed by atoms with Gasteiger partial charge in [-0.2, -0.15) is 0 Å². The number of carbonyl (C=O) groups excluding carboxylic acids is 2. The molecular formula is C12H15BrN2O2. The topological polar surface area (TPSA) is 72.2 Å². The van der Waals surface area contributed by atoms with Crippen LogP contribution in [0.5, 0.6) is 0 Å². The molecular weight excluding hydrogens is 284 g/mol. The molecule has 2 amide bonds. The largest absolute Gasteiger partial charge is 0.368 e. The summed E-state index contributed by atoms with van der Waals surface area (Å²) >= 11 is 3.32. The van der Waals surface area contributed by atoms with Crippen molar-refractivity contribution >= 4 is 27.7 Å². The number of hydrogen-bond donors (Lipinski definition) is 2. The van der Waals surface area contributed by atoms with E-state index in [9.17, 15) is 9.59 Å². The van der Waals surface area contributed by atoms with Crippen LogP contribution in [0.4, 0.5) is 0 Å². The van der Waals surface area contributed by atoms with Gasteiger partial charge in [-0.25, -0.2) is 0 Å². The van der Waals surface area contributed by atoms with Crippen molar-refractivity contribution in [3.63, 3.8) is 0 Å². The molecule has 0 aliphatic carbocycles. The fourth-order valence-electron chi connectivity index (χ4n) is 1.22. The average Bonchev–Trinajstić information content (AvgIpc) is 2.15. The van der Waals surface area contributed by atoms with E-state index in [1.807, 2.05) is 19.1 Å². The molecule has 0 saturated carbocycles. The van der Waals surface area contributed by atoms with Crippen LogP contribution in [0.3, 0.4) is 0 Å². The summed E-state index contributed by atoms with van der Waals surface area (Å²) in [5, 5.41) is 2.59. The molecule has 0 fully saturated rings. The van der Waals surface area contributed by atoms with Gasteiger partial charge in [0.05, 0.1) is 5.56 Å². The van der Waals surface area contributed by atoms with Crippen molar-refractivity contribution in [1.82, 2.24) is 5.32 Å². The van der Waals surface area contributed by atoms with E-state index in [0.717, 1.165) is 5.56 Å². The first-order chi connectivity index (χ1) is 7.74. The van der Waals surface area contributed by atoms with Crippen molar-refractivity contribution < 1.29 is 9.59 Å². The Balaban J connectivity index is 2.95. The number of amides is 2. The standard InChI is InChI=1S/C12H15BrN2O2/c1-7-4-5-8(9(13)6-7)10(16)15-12(2,3)11(14)17/h4-6H,1-3H3,(H2,14,17)(H,15,16). The highest BCUT2D eigenvalue weighted by Gasteiger charge is 2.27. The molecule has 0 aliphatic rings. The minimum absolute atomic E-state index is 0.333. The minimum atomic E-state index is -1.07. The first-order valence-corrected chi connectivity index (χ1v) is 5.92. The van der Waals surface area contributed by atoms with Gasteiger partial charge in [0.25, 0.3) is 5.91 Å². The molecule has 5 heteroatoms. The zero-order chi connectivity index (χ0) is 13.2. The van der Waals surface area contributed by atoms with E-state index in [1.165, 1.54) is 0 Å². The zero-order valence-electron chi connectivity index (χ0n) is 10.0. The number of benzene rings is 1. The third kappa shape index (κ3) is 3.30. The summed E-state index contributed by atoms with van der Waals surface area (Å²) in [7, 11) is 0. The summed E-state index contributed by atoms with van der Waals surface area (Å²) in [6, 6.07) is 5.37. The van der Waals surface area contributed by atoms with Gasteiger partial charge in [0, 0.05) is 4.47 Å². The van der Waals surface area contributed by atoms with Crippen molar-refractivity contribution in [1.29, 1.82) is 0 Å². The summed E-state index contributed by atoms with van der Waals surface area (Å²) in [5.41, 5.74) is 5.65. The average molecular weight is 299 g/mol. The van der Waals surface area contributed by atoms with Gasteiger partial charge in [-0.05, 0) is 54.4 Å². The third-order valence-electron chi connectivity index (χ3n) is 2.41. The lowest BCUT2D eigenvalue weighted by molar-refractivity contribution is -0.122. The van der Waals surface area contributed by atoms with Crippen molar-refractivity contribution in [2.24, 2.45) is 5.73 Å². The van der Waals surface area contributed by atoms with Crippen molar-refractivity contribution in [3.8, 4) is 0 Å². The molecule has 4 nitrogen and oxygen atoms in total. The maximum atomic E-state index is 11.9. The maximum absolute atomic E-state index is 11.9. The lowest BCUT2D eigenvalue weighted by atomic mass is 10.0. The van der Waals surface area contributed by atoms with Crippen LogP contribution in [0.15, 0.2) is 22.7 Å². The highest BCUT2D eigenvalue weighted by atomic mass is 79.9. The van der Waals surface area contributed by atoms with E-state index in [2.05, 4.69) is 21.2 Å². The molecule has 0 spiro atoms. The lowest BCUT2D eigenvalue weighted by Gasteiger charge is -2.22. The zero-order valence-corrected chi connectivity index (χ0v) is 11.6. The molecule has 3 N–H and O–H groups in total. The van der Waals surface area contributed by atoms with Gasteiger partial charge in [-0.15, -0.1) is 0 Å². The van der Waals surface area contributed by atoms with Crippen LogP contribution < -0.4 is 11.1 Å². The SMILES string of the molecule is Cc1ccc(C(=O)NC(C)(C)C(N)=O)c(Br)c1. The monoisotopic (exact) mass is 298 g/mol. The smallest absolute Gasteiger partial charge is 0.253 e. The summed E-state index contributed by atoms with van der Waals surface area (Å²) in [6.07, 6.45) is 0. The molecule has 92 valence electrons. The summed E-state index contributed by atoms with van der Waals surface area (Å²) < 4.78 is 0.690. The number of halogens is 1. The van der Waals surface area contributed by atoms with Crippen LogP contribution in [-0.4, -0.2) is 17.4 Å². The van der Waals surface area contributed by atoms with E-state index in [0.29, 0.717) is 10.0 Å². The summed E-state index contributed by atoms with van der Waals surface area (Å²) in [6.45, 7) is 5.06. The predicted molar refractivity (Wildman–Crippen MR) is 69.6 cm³/mol. The maximum Gasteiger partial charge on any atom is 0.253 e. The second-order valence-corrected chi connectivity index (χ2v) is 5.28. The normalized spacial score (nSPS) is 11.1. The molecule has 1 aromatic carbocycles. The van der Waals surface area contributed by atoms with Crippen molar-refractivity contribution in [2.75, 3.05) is 0 Å². The highest BCUT2D eigenvalue weighted by Crippen LogP contribution is 2.19. The summed E-state index contributed by atoms with van der Waals surface area (Å²) in [4.78, 5) is 23.1. The number of hydrogen-bond acceptors (Lipinski definition) is 2. The molecule has 0 heterocycles. The van der Waals surface area contributed by atoms with Gasteiger partial charge in [0.1, 0.15) is 5.54 Å².